The van der Waals surface area contributed by atoms with Gasteiger partial charge in [0.25, 0.3) is 0 Å². The molecule has 10 nitrogen and oxygen atoms in total. The van der Waals surface area contributed by atoms with Crippen molar-refractivity contribution in [2.75, 3.05) is 43.4 Å². The summed E-state index contributed by atoms with van der Waals surface area (Å²) < 4.78 is 34.0. The van der Waals surface area contributed by atoms with Crippen LogP contribution >= 0.6 is 0 Å². The zero-order valence-electron chi connectivity index (χ0n) is 26.0. The number of anilines is 2. The summed E-state index contributed by atoms with van der Waals surface area (Å²) in [6, 6.07) is 10.3. The number of aryl methyl sites for hydroxylation is 2. The van der Waals surface area contributed by atoms with Crippen molar-refractivity contribution in [3.63, 3.8) is 0 Å². The number of halogens is 2. The first-order valence-corrected chi connectivity index (χ1v) is 15.7. The summed E-state index contributed by atoms with van der Waals surface area (Å²) in [7, 11) is 0. The van der Waals surface area contributed by atoms with Gasteiger partial charge in [-0.1, -0.05) is 6.07 Å². The molecule has 46 heavy (non-hydrogen) atoms. The number of aromatic nitrogens is 4. The van der Waals surface area contributed by atoms with E-state index in [0.29, 0.717) is 25.2 Å². The van der Waals surface area contributed by atoms with Gasteiger partial charge in [-0.2, -0.15) is 0 Å². The minimum Gasteiger partial charge on any atom is -0.492 e. The fourth-order valence-electron chi connectivity index (χ4n) is 5.49. The topological polar surface area (TPSA) is 116 Å². The number of nitrogens with one attached hydrogen (secondary N) is 2. The summed E-state index contributed by atoms with van der Waals surface area (Å²) in [4.78, 5) is 27.9. The molecule has 1 aliphatic rings. The van der Waals surface area contributed by atoms with Gasteiger partial charge in [0.2, 0.25) is 0 Å². The number of hydrogen-bond donors (Lipinski definition) is 3. The van der Waals surface area contributed by atoms with E-state index in [1.54, 1.807) is 24.5 Å². The molecule has 0 fully saturated rings. The molecule has 0 saturated heterocycles. The standard InChI is InChI=1S/C34H39F2N7O3/c1-24(44)31(41-33-23-38-22-32(43(33)45)25-9-13-37-14-10-25)11-16-42(17-18-46-30-20-27(35)19-28(36)21-30)15-3-2-6-29-8-7-26-5-4-12-39-34(26)40-29/h7-10,13-14,19-23,31,45H,2-6,11-12,15-18H2,1H3,(H,39,40)/p+1/t31-/m0/s1. The lowest BCUT2D eigenvalue weighted by Crippen LogP contribution is -2.42. The lowest BCUT2D eigenvalue weighted by atomic mass is 10.1. The molecule has 0 aliphatic carbocycles. The number of benzene rings is 1. The van der Waals surface area contributed by atoms with Crippen LogP contribution < -0.4 is 20.1 Å². The molecule has 0 amide bonds. The first kappa shape index (κ1) is 32.7. The first-order chi connectivity index (χ1) is 22.4. The van der Waals surface area contributed by atoms with Gasteiger partial charge in [-0.3, -0.25) is 25.0 Å². The second-order valence-electron chi connectivity index (χ2n) is 11.4. The third-order valence-electron chi connectivity index (χ3n) is 7.99. The molecule has 0 unspecified atom stereocenters. The quantitative estimate of drug-likeness (QED) is 0.0905. The van der Waals surface area contributed by atoms with Crippen LogP contribution in [-0.2, 0) is 17.6 Å². The highest BCUT2D eigenvalue weighted by Crippen LogP contribution is 2.21. The van der Waals surface area contributed by atoms with Crippen molar-refractivity contribution in [1.82, 2.24) is 19.9 Å². The number of hydrogen-bond acceptors (Lipinski definition) is 9. The van der Waals surface area contributed by atoms with Gasteiger partial charge in [0.1, 0.15) is 36.0 Å². The van der Waals surface area contributed by atoms with Crippen LogP contribution in [0, 0.1) is 11.6 Å². The van der Waals surface area contributed by atoms with Crippen LogP contribution in [0.25, 0.3) is 11.3 Å². The SMILES string of the molecule is CC(=O)[C@H](CCN(CCCCc1ccc2c(n1)NCCC2)CCOc1cc(F)cc(F)c1)Nc1cncc(-c2ccncc2)[n+]1O. The fraction of sp³-hybridized carbons (Fsp3) is 0.382. The Bertz CT molecular complexity index is 1590. The number of pyridine rings is 2. The number of ketones is 1. The van der Waals surface area contributed by atoms with E-state index in [-0.39, 0.29) is 24.0 Å². The number of rotatable bonds is 16. The van der Waals surface area contributed by atoms with E-state index in [0.717, 1.165) is 85.2 Å². The minimum atomic E-state index is -0.697. The molecule has 5 rings (SSSR count). The average molecular weight is 633 g/mol. The summed E-state index contributed by atoms with van der Waals surface area (Å²) in [6.45, 7) is 4.43. The van der Waals surface area contributed by atoms with E-state index in [1.807, 2.05) is 0 Å². The Labute approximate surface area is 267 Å². The molecular formula is C34H40F2N7O3+. The smallest absolute Gasteiger partial charge is 0.333 e. The van der Waals surface area contributed by atoms with Gasteiger partial charge in [-0.05, 0) is 74.1 Å². The number of Topliss-reactive ketones (excluding diaryl/α,β-unsaturated/α-hetero) is 1. The predicted octanol–water partition coefficient (Wildman–Crippen LogP) is 4.86. The normalized spacial score (nSPS) is 13.1. The van der Waals surface area contributed by atoms with Gasteiger partial charge in [-0.25, -0.2) is 13.8 Å². The summed E-state index contributed by atoms with van der Waals surface area (Å²) >= 11 is 0. The first-order valence-electron chi connectivity index (χ1n) is 15.7. The van der Waals surface area contributed by atoms with Crippen molar-refractivity contribution >= 4 is 17.4 Å². The number of carbonyl (C=O) groups excluding carboxylic acids is 1. The average Bonchev–Trinajstić information content (AvgIpc) is 3.05. The van der Waals surface area contributed by atoms with Crippen LogP contribution in [0.5, 0.6) is 5.75 Å². The summed E-state index contributed by atoms with van der Waals surface area (Å²) in [5, 5.41) is 17.4. The second-order valence-corrected chi connectivity index (χ2v) is 11.4. The van der Waals surface area contributed by atoms with Gasteiger partial charge in [0.15, 0.2) is 17.5 Å². The van der Waals surface area contributed by atoms with Crippen molar-refractivity contribution < 1.29 is 28.2 Å². The summed E-state index contributed by atoms with van der Waals surface area (Å²) in [5.41, 5.74) is 3.49. The number of fused-ring (bicyclic) bond motifs is 1. The van der Waals surface area contributed by atoms with E-state index >= 15 is 0 Å². The van der Waals surface area contributed by atoms with E-state index in [4.69, 9.17) is 9.72 Å². The highest BCUT2D eigenvalue weighted by atomic mass is 19.1. The van der Waals surface area contributed by atoms with Gasteiger partial charge >= 0.3 is 5.82 Å². The van der Waals surface area contributed by atoms with Crippen LogP contribution in [0.1, 0.15) is 43.9 Å². The van der Waals surface area contributed by atoms with Crippen LogP contribution in [0.15, 0.2) is 67.3 Å². The molecule has 242 valence electrons. The predicted molar refractivity (Wildman–Crippen MR) is 170 cm³/mol. The number of unbranched alkanes of at least 4 members (excludes halogenated alkanes) is 1. The lowest BCUT2D eigenvalue weighted by molar-refractivity contribution is -0.885. The monoisotopic (exact) mass is 632 g/mol. The van der Waals surface area contributed by atoms with Gasteiger partial charge in [0.05, 0.1) is 6.20 Å². The fourth-order valence-corrected chi connectivity index (χ4v) is 5.49. The van der Waals surface area contributed by atoms with Crippen LogP contribution in [0.3, 0.4) is 0 Å². The van der Waals surface area contributed by atoms with E-state index < -0.39 is 17.7 Å². The Morgan fingerprint density at radius 2 is 1.87 bits per heavy atom. The molecule has 0 bridgehead atoms. The van der Waals surface area contributed by atoms with E-state index in [9.17, 15) is 18.8 Å². The van der Waals surface area contributed by atoms with E-state index in [1.165, 1.54) is 24.9 Å². The largest absolute Gasteiger partial charge is 0.492 e. The maximum absolute atomic E-state index is 13.7. The van der Waals surface area contributed by atoms with Crippen molar-refractivity contribution in [2.45, 2.75) is 51.5 Å². The second kappa shape index (κ2) is 16.0. The third kappa shape index (κ3) is 9.16. The van der Waals surface area contributed by atoms with Gasteiger partial charge in [-0.15, -0.1) is 0 Å². The Balaban J connectivity index is 1.20. The Kier molecular flexibility index (Phi) is 11.4. The molecule has 1 atom stereocenters. The Hall–Kier alpha value is -4.71. The highest BCUT2D eigenvalue weighted by molar-refractivity contribution is 5.83. The molecule has 4 aromatic rings. The summed E-state index contributed by atoms with van der Waals surface area (Å²) in [6.07, 6.45) is 11.5. The number of nitrogens with zero attached hydrogens (tertiary/aromatic N) is 5. The Morgan fingerprint density at radius 1 is 1.07 bits per heavy atom. The molecule has 3 aromatic heterocycles. The Morgan fingerprint density at radius 3 is 2.65 bits per heavy atom. The zero-order valence-corrected chi connectivity index (χ0v) is 26.0. The molecule has 3 N–H and O–H groups in total. The van der Waals surface area contributed by atoms with E-state index in [2.05, 4.69) is 37.6 Å². The van der Waals surface area contributed by atoms with Crippen molar-refractivity contribution in [1.29, 1.82) is 0 Å². The number of ether oxygens (including phenoxy) is 1. The van der Waals surface area contributed by atoms with Crippen LogP contribution in [0.4, 0.5) is 20.4 Å². The molecular weight excluding hydrogens is 592 g/mol. The minimum absolute atomic E-state index is 0.0900. The van der Waals surface area contributed by atoms with Crippen LogP contribution in [0.2, 0.25) is 0 Å². The molecule has 0 radical (unpaired) electrons. The molecule has 0 saturated carbocycles. The van der Waals surface area contributed by atoms with Gasteiger partial charge in [0, 0.05) is 67.9 Å². The molecule has 4 heterocycles. The van der Waals surface area contributed by atoms with Crippen LogP contribution in [-0.4, -0.2) is 69.7 Å². The maximum Gasteiger partial charge on any atom is 0.333 e. The van der Waals surface area contributed by atoms with Crippen molar-refractivity contribution in [3.8, 4) is 17.0 Å². The lowest BCUT2D eigenvalue weighted by Gasteiger charge is -2.24. The highest BCUT2D eigenvalue weighted by Gasteiger charge is 2.25. The van der Waals surface area contributed by atoms with Crippen molar-refractivity contribution in [2.24, 2.45) is 0 Å². The number of carbonyl (C=O) groups is 1. The zero-order chi connectivity index (χ0) is 32.3. The summed E-state index contributed by atoms with van der Waals surface area (Å²) in [5.74, 6) is -0.0854. The maximum atomic E-state index is 13.7. The molecule has 0 spiro atoms. The van der Waals surface area contributed by atoms with Crippen molar-refractivity contribution in [3.05, 3.63) is 90.1 Å². The third-order valence-corrected chi connectivity index (χ3v) is 7.99. The van der Waals surface area contributed by atoms with Gasteiger partial charge < -0.3 is 15.3 Å². The molecule has 12 heteroatoms. The molecule has 1 aromatic carbocycles. The molecule has 1 aliphatic heterocycles.